The van der Waals surface area contributed by atoms with Crippen LogP contribution in [-0.2, 0) is 6.54 Å². The number of benzene rings is 1. The Hall–Kier alpha value is -1.81. The van der Waals surface area contributed by atoms with E-state index in [0.717, 1.165) is 10.6 Å². The average molecular weight is 261 g/mol. The van der Waals surface area contributed by atoms with Crippen molar-refractivity contribution in [2.75, 3.05) is 5.32 Å². The molecule has 0 atom stereocenters. The van der Waals surface area contributed by atoms with Gasteiger partial charge in [0.2, 0.25) is 0 Å². The van der Waals surface area contributed by atoms with Crippen LogP contribution in [0.15, 0.2) is 29.6 Å². The number of hydrogen-bond acceptors (Lipinski definition) is 3. The third-order valence-electron chi connectivity index (χ3n) is 2.75. The normalized spacial score (nSPS) is 10.3. The van der Waals surface area contributed by atoms with Gasteiger partial charge in [-0.1, -0.05) is 12.1 Å². The fraction of sp³-hybridized carbons (Fsp3) is 0.214. The molecule has 0 amide bonds. The van der Waals surface area contributed by atoms with Gasteiger partial charge in [-0.3, -0.25) is 0 Å². The van der Waals surface area contributed by atoms with Crippen LogP contribution in [0.25, 0.3) is 0 Å². The minimum atomic E-state index is -0.871. The van der Waals surface area contributed by atoms with Crippen molar-refractivity contribution in [2.24, 2.45) is 0 Å². The number of aromatic carboxylic acids is 1. The van der Waals surface area contributed by atoms with Crippen LogP contribution < -0.4 is 5.32 Å². The summed E-state index contributed by atoms with van der Waals surface area (Å²) in [4.78, 5) is 11.8. The fourth-order valence-electron chi connectivity index (χ4n) is 1.69. The van der Waals surface area contributed by atoms with Gasteiger partial charge in [-0.25, -0.2) is 4.79 Å². The SMILES string of the molecule is Cc1ccc(C)c(NCc2cc(C(=O)O)cs2)c1. The number of carboxylic acids is 1. The van der Waals surface area contributed by atoms with Gasteiger partial charge in [0, 0.05) is 22.5 Å². The number of carboxylic acid groups (broad SMARTS) is 1. The Kier molecular flexibility index (Phi) is 3.67. The zero-order valence-electron chi connectivity index (χ0n) is 10.4. The Morgan fingerprint density at radius 3 is 2.78 bits per heavy atom. The summed E-state index contributed by atoms with van der Waals surface area (Å²) >= 11 is 1.46. The molecule has 0 radical (unpaired) electrons. The summed E-state index contributed by atoms with van der Waals surface area (Å²) in [6, 6.07) is 7.97. The lowest BCUT2D eigenvalue weighted by molar-refractivity contribution is 0.0697. The second kappa shape index (κ2) is 5.23. The molecular formula is C14H15NO2S. The lowest BCUT2D eigenvalue weighted by Gasteiger charge is -2.09. The molecule has 94 valence electrons. The minimum absolute atomic E-state index is 0.359. The predicted molar refractivity (Wildman–Crippen MR) is 74.5 cm³/mol. The standard InChI is InChI=1S/C14H15NO2S/c1-9-3-4-10(2)13(5-9)15-7-12-6-11(8-18-12)14(16)17/h3-6,8,15H,7H2,1-2H3,(H,16,17). The van der Waals surface area contributed by atoms with Crippen molar-refractivity contribution in [1.29, 1.82) is 0 Å². The number of anilines is 1. The zero-order chi connectivity index (χ0) is 13.1. The highest BCUT2D eigenvalue weighted by molar-refractivity contribution is 7.10. The maximum absolute atomic E-state index is 10.8. The van der Waals surface area contributed by atoms with E-state index in [-0.39, 0.29) is 0 Å². The van der Waals surface area contributed by atoms with Crippen molar-refractivity contribution < 1.29 is 9.90 Å². The second-order valence-electron chi connectivity index (χ2n) is 4.28. The molecule has 0 fully saturated rings. The number of aryl methyl sites for hydroxylation is 2. The topological polar surface area (TPSA) is 49.3 Å². The van der Waals surface area contributed by atoms with Crippen LogP contribution in [0.2, 0.25) is 0 Å². The van der Waals surface area contributed by atoms with Crippen molar-refractivity contribution in [1.82, 2.24) is 0 Å². The molecule has 0 saturated carbocycles. The molecule has 1 heterocycles. The second-order valence-corrected chi connectivity index (χ2v) is 5.27. The Labute approximate surface area is 110 Å². The Balaban J connectivity index is 2.06. The van der Waals surface area contributed by atoms with Crippen molar-refractivity contribution in [3.63, 3.8) is 0 Å². The third kappa shape index (κ3) is 2.90. The van der Waals surface area contributed by atoms with E-state index >= 15 is 0 Å². The van der Waals surface area contributed by atoms with E-state index in [9.17, 15) is 4.79 Å². The molecule has 3 nitrogen and oxygen atoms in total. The fourth-order valence-corrected chi connectivity index (χ4v) is 2.49. The highest BCUT2D eigenvalue weighted by Crippen LogP contribution is 2.20. The van der Waals surface area contributed by atoms with E-state index in [0.29, 0.717) is 12.1 Å². The summed E-state index contributed by atoms with van der Waals surface area (Å²) in [6.45, 7) is 4.76. The van der Waals surface area contributed by atoms with Gasteiger partial charge in [0.25, 0.3) is 0 Å². The number of carbonyl (C=O) groups is 1. The lowest BCUT2D eigenvalue weighted by Crippen LogP contribution is -2.00. The molecule has 0 unspecified atom stereocenters. The number of nitrogens with one attached hydrogen (secondary N) is 1. The van der Waals surface area contributed by atoms with Gasteiger partial charge in [-0.2, -0.15) is 0 Å². The molecular weight excluding hydrogens is 246 g/mol. The molecule has 2 aromatic rings. The van der Waals surface area contributed by atoms with Crippen molar-refractivity contribution in [2.45, 2.75) is 20.4 Å². The Morgan fingerprint density at radius 1 is 1.33 bits per heavy atom. The first kappa shape index (κ1) is 12.6. The smallest absolute Gasteiger partial charge is 0.336 e. The highest BCUT2D eigenvalue weighted by Gasteiger charge is 2.06. The summed E-state index contributed by atoms with van der Waals surface area (Å²) in [7, 11) is 0. The van der Waals surface area contributed by atoms with Gasteiger partial charge in [0.15, 0.2) is 0 Å². The summed E-state index contributed by atoms with van der Waals surface area (Å²) < 4.78 is 0. The number of thiophene rings is 1. The summed E-state index contributed by atoms with van der Waals surface area (Å²) in [5.41, 5.74) is 3.86. The first-order chi connectivity index (χ1) is 8.56. The van der Waals surface area contributed by atoms with E-state index in [1.807, 2.05) is 0 Å². The maximum Gasteiger partial charge on any atom is 0.336 e. The summed E-state index contributed by atoms with van der Waals surface area (Å²) in [5, 5.41) is 13.9. The van der Waals surface area contributed by atoms with Crippen LogP contribution in [-0.4, -0.2) is 11.1 Å². The van der Waals surface area contributed by atoms with Gasteiger partial charge >= 0.3 is 5.97 Å². The first-order valence-electron chi connectivity index (χ1n) is 5.68. The van der Waals surface area contributed by atoms with Crippen LogP contribution in [0.4, 0.5) is 5.69 Å². The van der Waals surface area contributed by atoms with Crippen molar-refractivity contribution in [3.8, 4) is 0 Å². The van der Waals surface area contributed by atoms with Gasteiger partial charge in [0.1, 0.15) is 0 Å². The molecule has 0 bridgehead atoms. The van der Waals surface area contributed by atoms with Crippen LogP contribution >= 0.6 is 11.3 Å². The molecule has 0 aliphatic carbocycles. The molecule has 1 aromatic carbocycles. The van der Waals surface area contributed by atoms with Gasteiger partial charge < -0.3 is 10.4 Å². The average Bonchev–Trinajstić information content (AvgIpc) is 2.79. The monoisotopic (exact) mass is 261 g/mol. The molecule has 18 heavy (non-hydrogen) atoms. The molecule has 0 saturated heterocycles. The van der Waals surface area contributed by atoms with Gasteiger partial charge in [-0.05, 0) is 37.1 Å². The van der Waals surface area contributed by atoms with Crippen LogP contribution in [0.5, 0.6) is 0 Å². The molecule has 0 spiro atoms. The van der Waals surface area contributed by atoms with E-state index in [1.165, 1.54) is 22.5 Å². The van der Waals surface area contributed by atoms with Gasteiger partial charge in [-0.15, -0.1) is 11.3 Å². The van der Waals surface area contributed by atoms with E-state index < -0.39 is 5.97 Å². The Morgan fingerprint density at radius 2 is 2.11 bits per heavy atom. The number of hydrogen-bond donors (Lipinski definition) is 2. The van der Waals surface area contributed by atoms with Crippen LogP contribution in [0.3, 0.4) is 0 Å². The number of rotatable bonds is 4. The third-order valence-corrected chi connectivity index (χ3v) is 3.68. The first-order valence-corrected chi connectivity index (χ1v) is 6.56. The molecule has 1 aromatic heterocycles. The minimum Gasteiger partial charge on any atom is -0.478 e. The largest absolute Gasteiger partial charge is 0.478 e. The lowest BCUT2D eigenvalue weighted by atomic mass is 10.1. The van der Waals surface area contributed by atoms with E-state index in [4.69, 9.17) is 5.11 Å². The van der Waals surface area contributed by atoms with E-state index in [2.05, 4.69) is 37.4 Å². The molecule has 2 rings (SSSR count). The van der Waals surface area contributed by atoms with Crippen LogP contribution in [0.1, 0.15) is 26.4 Å². The van der Waals surface area contributed by atoms with Gasteiger partial charge in [0.05, 0.1) is 5.56 Å². The summed E-state index contributed by atoms with van der Waals surface area (Å²) in [6.07, 6.45) is 0. The van der Waals surface area contributed by atoms with E-state index in [1.54, 1.807) is 11.4 Å². The molecule has 2 N–H and O–H groups in total. The molecule has 0 aliphatic heterocycles. The zero-order valence-corrected chi connectivity index (χ0v) is 11.2. The van der Waals surface area contributed by atoms with Crippen LogP contribution in [0, 0.1) is 13.8 Å². The molecule has 0 aliphatic rings. The van der Waals surface area contributed by atoms with Crippen molar-refractivity contribution >= 4 is 23.0 Å². The van der Waals surface area contributed by atoms with Crippen molar-refractivity contribution in [3.05, 3.63) is 51.2 Å². The summed E-state index contributed by atoms with van der Waals surface area (Å²) in [5.74, 6) is -0.871. The maximum atomic E-state index is 10.8. The predicted octanol–water partition coefficient (Wildman–Crippen LogP) is 3.68. The quantitative estimate of drug-likeness (QED) is 0.882. The molecule has 4 heteroatoms. The Bertz CT molecular complexity index is 575. The highest BCUT2D eigenvalue weighted by atomic mass is 32.1.